The number of rotatable bonds is 9. The van der Waals surface area contributed by atoms with Gasteiger partial charge in [0.15, 0.2) is 0 Å². The molecule has 0 amide bonds. The molecule has 0 unspecified atom stereocenters. The normalized spacial score (nSPS) is 10.7. The first kappa shape index (κ1) is 19.9. The van der Waals surface area contributed by atoms with E-state index in [0.29, 0.717) is 18.9 Å². The molecule has 29 heavy (non-hydrogen) atoms. The Bertz CT molecular complexity index is 987. The molecule has 0 heterocycles. The molecular formula is C22H21N3O4. The Morgan fingerprint density at radius 2 is 1.62 bits per heavy atom. The number of aryl methyl sites for hydroxylation is 1. The third kappa shape index (κ3) is 6.35. The average Bonchev–Trinajstić information content (AvgIpc) is 2.72. The number of anilines is 1. The van der Waals surface area contributed by atoms with E-state index in [2.05, 4.69) is 10.5 Å². The van der Waals surface area contributed by atoms with Crippen LogP contribution in [0.4, 0.5) is 11.4 Å². The van der Waals surface area contributed by atoms with Crippen LogP contribution in [0.2, 0.25) is 0 Å². The van der Waals surface area contributed by atoms with Gasteiger partial charge in [0.1, 0.15) is 24.7 Å². The summed E-state index contributed by atoms with van der Waals surface area (Å²) >= 11 is 0. The second-order valence-electron chi connectivity index (χ2n) is 6.26. The second-order valence-corrected chi connectivity index (χ2v) is 6.26. The molecule has 0 spiro atoms. The number of hydrogen-bond acceptors (Lipinski definition) is 6. The number of ether oxygens (including phenoxy) is 2. The van der Waals surface area contributed by atoms with Crippen LogP contribution in [0.3, 0.4) is 0 Å². The third-order valence-electron chi connectivity index (χ3n) is 3.95. The van der Waals surface area contributed by atoms with Gasteiger partial charge in [-0.15, -0.1) is 0 Å². The first-order chi connectivity index (χ1) is 14.1. The van der Waals surface area contributed by atoms with Crippen LogP contribution in [0.15, 0.2) is 77.9 Å². The molecule has 3 aromatic carbocycles. The highest BCUT2D eigenvalue weighted by Gasteiger charge is 2.03. The van der Waals surface area contributed by atoms with Crippen LogP contribution in [-0.2, 0) is 0 Å². The summed E-state index contributed by atoms with van der Waals surface area (Å²) in [5, 5.41) is 14.8. The van der Waals surface area contributed by atoms with E-state index >= 15 is 0 Å². The van der Waals surface area contributed by atoms with Crippen LogP contribution >= 0.6 is 0 Å². The number of nitro groups is 1. The Morgan fingerprint density at radius 1 is 0.966 bits per heavy atom. The molecule has 1 N–H and O–H groups in total. The maximum absolute atomic E-state index is 10.7. The van der Waals surface area contributed by atoms with Gasteiger partial charge in [-0.25, -0.2) is 0 Å². The predicted molar refractivity (Wildman–Crippen MR) is 113 cm³/mol. The largest absolute Gasteiger partial charge is 0.490 e. The number of hydrazone groups is 1. The van der Waals surface area contributed by atoms with Gasteiger partial charge in [0, 0.05) is 12.1 Å². The van der Waals surface area contributed by atoms with E-state index in [1.165, 1.54) is 12.1 Å². The summed E-state index contributed by atoms with van der Waals surface area (Å²) < 4.78 is 11.4. The highest BCUT2D eigenvalue weighted by molar-refractivity contribution is 5.80. The molecule has 3 aromatic rings. The number of hydrogen-bond donors (Lipinski definition) is 1. The van der Waals surface area contributed by atoms with Crippen molar-refractivity contribution in [3.63, 3.8) is 0 Å². The lowest BCUT2D eigenvalue weighted by Gasteiger charge is -2.09. The molecule has 0 atom stereocenters. The van der Waals surface area contributed by atoms with Gasteiger partial charge in [0.05, 0.1) is 16.8 Å². The first-order valence-electron chi connectivity index (χ1n) is 9.06. The Kier molecular flexibility index (Phi) is 6.78. The highest BCUT2D eigenvalue weighted by Crippen LogP contribution is 2.16. The fourth-order valence-corrected chi connectivity index (χ4v) is 2.55. The fourth-order valence-electron chi connectivity index (χ4n) is 2.55. The van der Waals surface area contributed by atoms with Crippen molar-refractivity contribution in [1.82, 2.24) is 0 Å². The van der Waals surface area contributed by atoms with Crippen LogP contribution in [0.1, 0.15) is 11.1 Å². The quantitative estimate of drug-likeness (QED) is 0.245. The SMILES string of the molecule is Cc1cccc(OCCOc2cccc(/C=N/Nc3ccc([N+](=O)[O-])cc3)c2)c1. The van der Waals surface area contributed by atoms with Crippen molar-refractivity contribution in [2.45, 2.75) is 6.92 Å². The molecule has 0 saturated carbocycles. The van der Waals surface area contributed by atoms with E-state index in [1.807, 2.05) is 55.5 Å². The van der Waals surface area contributed by atoms with Crippen molar-refractivity contribution in [2.75, 3.05) is 18.6 Å². The second kappa shape index (κ2) is 9.89. The smallest absolute Gasteiger partial charge is 0.269 e. The van der Waals surface area contributed by atoms with Gasteiger partial charge in [-0.1, -0.05) is 24.3 Å². The van der Waals surface area contributed by atoms with Crippen molar-refractivity contribution in [1.29, 1.82) is 0 Å². The molecule has 148 valence electrons. The molecule has 0 aliphatic rings. The van der Waals surface area contributed by atoms with E-state index in [4.69, 9.17) is 9.47 Å². The van der Waals surface area contributed by atoms with Crippen molar-refractivity contribution in [3.05, 3.63) is 94.0 Å². The topological polar surface area (TPSA) is 86.0 Å². The van der Waals surface area contributed by atoms with E-state index < -0.39 is 4.92 Å². The van der Waals surface area contributed by atoms with Crippen molar-refractivity contribution < 1.29 is 14.4 Å². The van der Waals surface area contributed by atoms with Gasteiger partial charge >= 0.3 is 0 Å². The number of nitrogens with one attached hydrogen (secondary N) is 1. The molecule has 7 nitrogen and oxygen atoms in total. The Morgan fingerprint density at radius 3 is 2.28 bits per heavy atom. The minimum atomic E-state index is -0.440. The zero-order valence-corrected chi connectivity index (χ0v) is 15.9. The number of non-ortho nitro benzene ring substituents is 1. The Balaban J connectivity index is 1.47. The van der Waals surface area contributed by atoms with Crippen LogP contribution in [0, 0.1) is 17.0 Å². The summed E-state index contributed by atoms with van der Waals surface area (Å²) in [4.78, 5) is 10.2. The molecular weight excluding hydrogens is 370 g/mol. The maximum atomic E-state index is 10.7. The molecule has 0 radical (unpaired) electrons. The van der Waals surface area contributed by atoms with Crippen molar-refractivity contribution in [2.24, 2.45) is 5.10 Å². The molecule has 3 rings (SSSR count). The molecule has 7 heteroatoms. The van der Waals surface area contributed by atoms with Crippen LogP contribution in [-0.4, -0.2) is 24.4 Å². The van der Waals surface area contributed by atoms with Gasteiger partial charge in [0.2, 0.25) is 0 Å². The summed E-state index contributed by atoms with van der Waals surface area (Å²) in [6.07, 6.45) is 1.65. The van der Waals surface area contributed by atoms with E-state index in [1.54, 1.807) is 18.3 Å². The Hall–Kier alpha value is -3.87. The van der Waals surface area contributed by atoms with Crippen molar-refractivity contribution >= 4 is 17.6 Å². The van der Waals surface area contributed by atoms with Crippen LogP contribution in [0.25, 0.3) is 0 Å². The van der Waals surface area contributed by atoms with Gasteiger partial charge in [0.25, 0.3) is 5.69 Å². The third-order valence-corrected chi connectivity index (χ3v) is 3.95. The number of nitrogens with zero attached hydrogens (tertiary/aromatic N) is 2. The molecule has 0 saturated heterocycles. The molecule has 0 aliphatic heterocycles. The molecule has 0 aliphatic carbocycles. The lowest BCUT2D eigenvalue weighted by Crippen LogP contribution is -2.09. The molecule has 0 fully saturated rings. The van der Waals surface area contributed by atoms with Gasteiger partial charge in [-0.2, -0.15) is 5.10 Å². The molecule has 0 bridgehead atoms. The maximum Gasteiger partial charge on any atom is 0.269 e. The van der Waals surface area contributed by atoms with Gasteiger partial charge < -0.3 is 9.47 Å². The summed E-state index contributed by atoms with van der Waals surface area (Å²) in [5.41, 5.74) is 5.55. The zero-order chi connectivity index (χ0) is 20.5. The lowest BCUT2D eigenvalue weighted by molar-refractivity contribution is -0.384. The monoisotopic (exact) mass is 391 g/mol. The Labute approximate surface area is 168 Å². The van der Waals surface area contributed by atoms with E-state index in [-0.39, 0.29) is 5.69 Å². The highest BCUT2D eigenvalue weighted by atomic mass is 16.6. The minimum absolute atomic E-state index is 0.0377. The summed E-state index contributed by atoms with van der Waals surface area (Å²) in [6, 6.07) is 21.4. The first-order valence-corrected chi connectivity index (χ1v) is 9.06. The summed E-state index contributed by atoms with van der Waals surface area (Å²) in [6.45, 7) is 2.89. The molecule has 0 aromatic heterocycles. The van der Waals surface area contributed by atoms with E-state index in [0.717, 1.165) is 22.6 Å². The predicted octanol–water partition coefficient (Wildman–Crippen LogP) is 4.81. The van der Waals surface area contributed by atoms with Gasteiger partial charge in [-0.3, -0.25) is 15.5 Å². The van der Waals surface area contributed by atoms with Crippen molar-refractivity contribution in [3.8, 4) is 11.5 Å². The van der Waals surface area contributed by atoms with E-state index in [9.17, 15) is 10.1 Å². The number of benzene rings is 3. The zero-order valence-electron chi connectivity index (χ0n) is 15.9. The minimum Gasteiger partial charge on any atom is -0.490 e. The fraction of sp³-hybridized carbons (Fsp3) is 0.136. The van der Waals surface area contributed by atoms with Crippen LogP contribution < -0.4 is 14.9 Å². The lowest BCUT2D eigenvalue weighted by atomic mass is 10.2. The standard InChI is InChI=1S/C22H21N3O4/c1-17-4-2-6-21(14-17)28-12-13-29-22-7-3-5-18(15-22)16-23-24-19-8-10-20(11-9-19)25(26)27/h2-11,14-16,24H,12-13H2,1H3/b23-16+. The number of nitro benzene ring substituents is 1. The summed E-state index contributed by atoms with van der Waals surface area (Å²) in [5.74, 6) is 1.55. The summed E-state index contributed by atoms with van der Waals surface area (Å²) in [7, 11) is 0. The van der Waals surface area contributed by atoms with Gasteiger partial charge in [-0.05, 0) is 54.4 Å². The average molecular weight is 391 g/mol. The van der Waals surface area contributed by atoms with Crippen LogP contribution in [0.5, 0.6) is 11.5 Å².